The van der Waals surface area contributed by atoms with Crippen LogP contribution in [0.3, 0.4) is 0 Å². The molecule has 22 heavy (non-hydrogen) atoms. The largest absolute Gasteiger partial charge is 0.490 e. The standard InChI is InChI=1S/C16H20N4O2/c1-21-12-13-5-2-3-7-15(13)20-16(17)19-9-10-22-14-6-4-8-18-11-14/h2-8,11H,9-10,12H2,1H3,(H3,17,19,20). The van der Waals surface area contributed by atoms with E-state index < -0.39 is 0 Å². The number of hydrogen-bond acceptors (Lipinski definition) is 4. The van der Waals surface area contributed by atoms with Gasteiger partial charge in [-0.2, -0.15) is 0 Å². The lowest BCUT2D eigenvalue weighted by Crippen LogP contribution is -2.24. The number of benzene rings is 1. The van der Waals surface area contributed by atoms with Crippen LogP contribution in [0.1, 0.15) is 5.56 Å². The summed E-state index contributed by atoms with van der Waals surface area (Å²) in [7, 11) is 1.66. The maximum absolute atomic E-state index is 5.88. The molecular weight excluding hydrogens is 280 g/mol. The molecule has 0 bridgehead atoms. The van der Waals surface area contributed by atoms with E-state index in [2.05, 4.69) is 15.3 Å². The molecule has 1 aromatic carbocycles. The van der Waals surface area contributed by atoms with E-state index in [1.54, 1.807) is 19.5 Å². The van der Waals surface area contributed by atoms with Crippen LogP contribution in [-0.4, -0.2) is 31.2 Å². The minimum absolute atomic E-state index is 0.346. The topological polar surface area (TPSA) is 81.8 Å². The first-order valence-corrected chi connectivity index (χ1v) is 6.96. The highest BCUT2D eigenvalue weighted by molar-refractivity contribution is 5.92. The Kier molecular flexibility index (Phi) is 6.19. The van der Waals surface area contributed by atoms with E-state index in [4.69, 9.17) is 15.2 Å². The van der Waals surface area contributed by atoms with Gasteiger partial charge in [-0.25, -0.2) is 4.99 Å². The van der Waals surface area contributed by atoms with E-state index >= 15 is 0 Å². The van der Waals surface area contributed by atoms with Crippen LogP contribution in [0.15, 0.2) is 53.8 Å². The lowest BCUT2D eigenvalue weighted by atomic mass is 10.2. The molecule has 0 spiro atoms. The highest BCUT2D eigenvalue weighted by Gasteiger charge is 2.02. The summed E-state index contributed by atoms with van der Waals surface area (Å²) in [6.07, 6.45) is 3.36. The summed E-state index contributed by atoms with van der Waals surface area (Å²) in [5.41, 5.74) is 7.79. The number of ether oxygens (including phenoxy) is 2. The lowest BCUT2D eigenvalue weighted by Gasteiger charge is -2.11. The van der Waals surface area contributed by atoms with Gasteiger partial charge in [0.1, 0.15) is 12.4 Å². The molecule has 6 nitrogen and oxygen atoms in total. The molecule has 0 atom stereocenters. The SMILES string of the molecule is COCc1ccccc1NC(N)=NCCOc1cccnc1. The van der Waals surface area contributed by atoms with Crippen molar-refractivity contribution in [3.63, 3.8) is 0 Å². The number of nitrogens with one attached hydrogen (secondary N) is 1. The maximum Gasteiger partial charge on any atom is 0.193 e. The van der Waals surface area contributed by atoms with Gasteiger partial charge in [0, 0.05) is 24.6 Å². The second kappa shape index (κ2) is 8.63. The van der Waals surface area contributed by atoms with Gasteiger partial charge in [-0.3, -0.25) is 4.98 Å². The van der Waals surface area contributed by atoms with E-state index in [1.807, 2.05) is 36.4 Å². The molecule has 6 heteroatoms. The summed E-state index contributed by atoms with van der Waals surface area (Å²) in [6.45, 7) is 1.41. The van der Waals surface area contributed by atoms with Crippen LogP contribution < -0.4 is 15.8 Å². The Labute approximate surface area is 130 Å². The summed E-state index contributed by atoms with van der Waals surface area (Å²) >= 11 is 0. The molecule has 2 rings (SSSR count). The van der Waals surface area contributed by atoms with Gasteiger partial charge >= 0.3 is 0 Å². The first-order valence-electron chi connectivity index (χ1n) is 6.96. The molecule has 0 radical (unpaired) electrons. The minimum atomic E-state index is 0.346. The van der Waals surface area contributed by atoms with Gasteiger partial charge < -0.3 is 20.5 Å². The molecule has 0 aliphatic carbocycles. The van der Waals surface area contributed by atoms with E-state index in [1.165, 1.54) is 0 Å². The molecule has 0 unspecified atom stereocenters. The molecule has 116 valence electrons. The fourth-order valence-electron chi connectivity index (χ4n) is 1.86. The predicted molar refractivity (Wildman–Crippen MR) is 87.0 cm³/mol. The fourth-order valence-corrected chi connectivity index (χ4v) is 1.86. The van der Waals surface area contributed by atoms with Crippen LogP contribution in [0.25, 0.3) is 0 Å². The molecule has 1 aromatic heterocycles. The molecule has 0 fully saturated rings. The summed E-state index contributed by atoms with van der Waals surface area (Å²) in [6, 6.07) is 11.5. The predicted octanol–water partition coefficient (Wildman–Crippen LogP) is 2.03. The Hall–Kier alpha value is -2.60. The Morgan fingerprint density at radius 3 is 2.91 bits per heavy atom. The van der Waals surface area contributed by atoms with Gasteiger partial charge in [0.05, 0.1) is 19.3 Å². The third kappa shape index (κ3) is 5.06. The Bertz CT molecular complexity index is 602. The molecule has 0 amide bonds. The number of guanidine groups is 1. The lowest BCUT2D eigenvalue weighted by molar-refractivity contribution is 0.185. The average Bonchev–Trinajstić information content (AvgIpc) is 2.55. The van der Waals surface area contributed by atoms with E-state index in [0.717, 1.165) is 17.0 Å². The number of hydrogen-bond donors (Lipinski definition) is 2. The van der Waals surface area contributed by atoms with Crippen molar-refractivity contribution in [3.8, 4) is 5.75 Å². The zero-order valence-corrected chi connectivity index (χ0v) is 12.5. The third-order valence-corrected chi connectivity index (χ3v) is 2.86. The summed E-state index contributed by atoms with van der Waals surface area (Å²) < 4.78 is 10.6. The van der Waals surface area contributed by atoms with Gasteiger partial charge in [0.2, 0.25) is 0 Å². The Morgan fingerprint density at radius 1 is 1.27 bits per heavy atom. The second-order valence-corrected chi connectivity index (χ2v) is 4.52. The van der Waals surface area contributed by atoms with E-state index in [0.29, 0.717) is 25.7 Å². The van der Waals surface area contributed by atoms with Crippen molar-refractivity contribution >= 4 is 11.6 Å². The van der Waals surface area contributed by atoms with E-state index in [9.17, 15) is 0 Å². The van der Waals surface area contributed by atoms with Crippen LogP contribution in [0.5, 0.6) is 5.75 Å². The van der Waals surface area contributed by atoms with Gasteiger partial charge in [-0.1, -0.05) is 18.2 Å². The van der Waals surface area contributed by atoms with Crippen molar-refractivity contribution in [2.75, 3.05) is 25.6 Å². The van der Waals surface area contributed by atoms with Gasteiger partial charge in [-0.15, -0.1) is 0 Å². The monoisotopic (exact) mass is 300 g/mol. The number of nitrogens with zero attached hydrogens (tertiary/aromatic N) is 2. The van der Waals surface area contributed by atoms with Crippen LogP contribution in [0, 0.1) is 0 Å². The Balaban J connectivity index is 1.83. The van der Waals surface area contributed by atoms with Crippen molar-refractivity contribution in [2.45, 2.75) is 6.61 Å². The molecule has 0 aliphatic heterocycles. The molecule has 0 aliphatic rings. The molecular formula is C16H20N4O2. The third-order valence-electron chi connectivity index (χ3n) is 2.86. The van der Waals surface area contributed by atoms with Gasteiger partial charge in [-0.05, 0) is 18.2 Å². The molecule has 2 aromatic rings. The van der Waals surface area contributed by atoms with E-state index in [-0.39, 0.29) is 0 Å². The quantitative estimate of drug-likeness (QED) is 0.464. The van der Waals surface area contributed by atoms with Crippen LogP contribution >= 0.6 is 0 Å². The number of aliphatic imine (C=N–C) groups is 1. The van der Waals surface area contributed by atoms with Crippen molar-refractivity contribution < 1.29 is 9.47 Å². The van der Waals surface area contributed by atoms with Crippen molar-refractivity contribution in [1.29, 1.82) is 0 Å². The molecule has 0 saturated heterocycles. The maximum atomic E-state index is 5.88. The zero-order valence-electron chi connectivity index (χ0n) is 12.5. The van der Waals surface area contributed by atoms with Crippen LogP contribution in [0.2, 0.25) is 0 Å². The second-order valence-electron chi connectivity index (χ2n) is 4.52. The van der Waals surface area contributed by atoms with Crippen LogP contribution in [0.4, 0.5) is 5.69 Å². The number of rotatable bonds is 7. The Morgan fingerprint density at radius 2 is 2.14 bits per heavy atom. The smallest absolute Gasteiger partial charge is 0.193 e. The molecule has 1 heterocycles. The van der Waals surface area contributed by atoms with Crippen molar-refractivity contribution in [3.05, 3.63) is 54.4 Å². The van der Waals surface area contributed by atoms with Gasteiger partial charge in [0.15, 0.2) is 5.96 Å². The number of methoxy groups -OCH3 is 1. The van der Waals surface area contributed by atoms with Crippen molar-refractivity contribution in [2.24, 2.45) is 10.7 Å². The first kappa shape index (κ1) is 15.8. The summed E-state index contributed by atoms with van der Waals surface area (Å²) in [4.78, 5) is 8.20. The highest BCUT2D eigenvalue weighted by atomic mass is 16.5. The number of pyridine rings is 1. The number of anilines is 1. The molecule has 3 N–H and O–H groups in total. The minimum Gasteiger partial charge on any atom is -0.490 e. The highest BCUT2D eigenvalue weighted by Crippen LogP contribution is 2.15. The first-order chi connectivity index (χ1) is 10.8. The van der Waals surface area contributed by atoms with Crippen molar-refractivity contribution in [1.82, 2.24) is 4.98 Å². The number of para-hydroxylation sites is 1. The van der Waals surface area contributed by atoms with Crippen LogP contribution in [-0.2, 0) is 11.3 Å². The zero-order chi connectivity index (χ0) is 15.6. The summed E-state index contributed by atoms with van der Waals surface area (Å²) in [5, 5.41) is 3.07. The number of aromatic nitrogens is 1. The normalized spacial score (nSPS) is 11.2. The fraction of sp³-hybridized carbons (Fsp3) is 0.250. The molecule has 0 saturated carbocycles. The van der Waals surface area contributed by atoms with Gasteiger partial charge in [0.25, 0.3) is 0 Å². The number of nitrogens with two attached hydrogens (primary N) is 1. The average molecular weight is 300 g/mol. The summed E-state index contributed by atoms with van der Waals surface area (Å²) in [5.74, 6) is 1.06.